The van der Waals surface area contributed by atoms with Gasteiger partial charge in [0.05, 0.1) is 5.38 Å². The van der Waals surface area contributed by atoms with Crippen molar-refractivity contribution in [3.8, 4) is 0 Å². The van der Waals surface area contributed by atoms with Crippen LogP contribution in [0.1, 0.15) is 32.4 Å². The summed E-state index contributed by atoms with van der Waals surface area (Å²) in [5.41, 5.74) is 3.73. The molecule has 0 aromatic heterocycles. The summed E-state index contributed by atoms with van der Waals surface area (Å²) in [6.07, 6.45) is 0.872. The summed E-state index contributed by atoms with van der Waals surface area (Å²) < 4.78 is 1.93. The van der Waals surface area contributed by atoms with Gasteiger partial charge in [-0.3, -0.25) is 4.79 Å². The Kier molecular flexibility index (Phi) is 4.38. The highest BCUT2D eigenvalue weighted by Gasteiger charge is 2.19. The lowest BCUT2D eigenvalue weighted by molar-refractivity contribution is 0.0946. The minimum Gasteiger partial charge on any atom is -0.352 e. The SMILES string of the molecule is O=C1NCCc2ccc(C(Cl)c3cc(Br)cc(Br)c3)cc21. The zero-order chi connectivity index (χ0) is 15.0. The third-order valence-electron chi connectivity index (χ3n) is 3.53. The molecule has 0 radical (unpaired) electrons. The molecule has 1 aliphatic rings. The number of rotatable bonds is 2. The molecule has 0 bridgehead atoms. The van der Waals surface area contributed by atoms with E-state index in [1.807, 2.05) is 36.4 Å². The molecular weight excluding hydrogens is 417 g/mol. The average molecular weight is 430 g/mol. The Bertz CT molecular complexity index is 697. The van der Waals surface area contributed by atoms with E-state index in [1.54, 1.807) is 0 Å². The highest BCUT2D eigenvalue weighted by atomic mass is 79.9. The highest BCUT2D eigenvalue weighted by Crippen LogP contribution is 2.34. The molecule has 0 saturated heterocycles. The number of amides is 1. The van der Waals surface area contributed by atoms with Gasteiger partial charge in [-0.05, 0) is 47.4 Å². The van der Waals surface area contributed by atoms with Crippen LogP contribution in [0.25, 0.3) is 0 Å². The van der Waals surface area contributed by atoms with Crippen molar-refractivity contribution >= 4 is 49.4 Å². The van der Waals surface area contributed by atoms with E-state index in [9.17, 15) is 4.79 Å². The molecule has 0 fully saturated rings. The van der Waals surface area contributed by atoms with Crippen molar-refractivity contribution in [3.05, 3.63) is 67.6 Å². The minimum absolute atomic E-state index is 0.0163. The van der Waals surface area contributed by atoms with Crippen LogP contribution < -0.4 is 5.32 Å². The predicted octanol–water partition coefficient (Wildman–Crippen LogP) is 4.83. The molecule has 0 aliphatic carbocycles. The lowest BCUT2D eigenvalue weighted by Crippen LogP contribution is -2.31. The molecule has 1 atom stereocenters. The van der Waals surface area contributed by atoms with E-state index >= 15 is 0 Å². The summed E-state index contributed by atoms with van der Waals surface area (Å²) in [5.74, 6) is -0.0163. The molecule has 0 spiro atoms. The van der Waals surface area contributed by atoms with Crippen molar-refractivity contribution in [2.75, 3.05) is 6.54 Å². The third-order valence-corrected chi connectivity index (χ3v) is 4.95. The molecule has 1 aliphatic heterocycles. The van der Waals surface area contributed by atoms with Crippen LogP contribution in [0.15, 0.2) is 45.3 Å². The number of halogens is 3. The minimum atomic E-state index is -0.293. The van der Waals surface area contributed by atoms with Crippen LogP contribution in [0, 0.1) is 0 Å². The van der Waals surface area contributed by atoms with Crippen molar-refractivity contribution in [3.63, 3.8) is 0 Å². The Morgan fingerprint density at radius 2 is 1.76 bits per heavy atom. The fourth-order valence-electron chi connectivity index (χ4n) is 2.50. The Morgan fingerprint density at radius 3 is 2.48 bits per heavy atom. The Labute approximate surface area is 145 Å². The maximum Gasteiger partial charge on any atom is 0.251 e. The van der Waals surface area contributed by atoms with Crippen LogP contribution in [0.4, 0.5) is 0 Å². The van der Waals surface area contributed by atoms with Gasteiger partial charge in [0.1, 0.15) is 0 Å². The highest BCUT2D eigenvalue weighted by molar-refractivity contribution is 9.11. The molecule has 21 heavy (non-hydrogen) atoms. The zero-order valence-electron chi connectivity index (χ0n) is 11.0. The monoisotopic (exact) mass is 427 g/mol. The second-order valence-corrected chi connectivity index (χ2v) is 7.26. The molecule has 1 amide bonds. The summed E-state index contributed by atoms with van der Waals surface area (Å²) in [4.78, 5) is 11.9. The fraction of sp³-hybridized carbons (Fsp3) is 0.188. The molecule has 1 N–H and O–H groups in total. The Morgan fingerprint density at radius 1 is 1.05 bits per heavy atom. The number of carbonyl (C=O) groups excluding carboxylic acids is 1. The van der Waals surface area contributed by atoms with Crippen LogP contribution in [0.3, 0.4) is 0 Å². The Balaban J connectivity index is 2.00. The molecule has 2 aromatic rings. The smallest absolute Gasteiger partial charge is 0.251 e. The average Bonchev–Trinajstić information content (AvgIpc) is 2.45. The van der Waals surface area contributed by atoms with Gasteiger partial charge in [-0.2, -0.15) is 0 Å². The second kappa shape index (κ2) is 6.11. The third kappa shape index (κ3) is 3.17. The van der Waals surface area contributed by atoms with Crippen molar-refractivity contribution in [1.82, 2.24) is 5.32 Å². The number of benzene rings is 2. The molecule has 5 heteroatoms. The Hall–Kier alpha value is -0.840. The summed E-state index contributed by atoms with van der Waals surface area (Å²) in [6, 6.07) is 11.9. The quantitative estimate of drug-likeness (QED) is 0.681. The van der Waals surface area contributed by atoms with Crippen LogP contribution in [0.2, 0.25) is 0 Å². The maximum atomic E-state index is 11.9. The van der Waals surface area contributed by atoms with Gasteiger partial charge in [-0.1, -0.05) is 44.0 Å². The van der Waals surface area contributed by atoms with Crippen LogP contribution in [-0.2, 0) is 6.42 Å². The van der Waals surface area contributed by atoms with Gasteiger partial charge in [0, 0.05) is 21.1 Å². The van der Waals surface area contributed by atoms with Gasteiger partial charge in [0.15, 0.2) is 0 Å². The van der Waals surface area contributed by atoms with E-state index in [1.165, 1.54) is 0 Å². The molecule has 108 valence electrons. The van der Waals surface area contributed by atoms with Gasteiger partial charge in [-0.25, -0.2) is 0 Å². The first-order chi connectivity index (χ1) is 10.0. The normalized spacial score (nSPS) is 15.3. The first kappa shape index (κ1) is 15.1. The molecule has 3 rings (SSSR count). The predicted molar refractivity (Wildman–Crippen MR) is 92.0 cm³/mol. The fourth-order valence-corrected chi connectivity index (χ4v) is 4.09. The molecule has 1 heterocycles. The number of nitrogens with one attached hydrogen (secondary N) is 1. The number of hydrogen-bond acceptors (Lipinski definition) is 1. The van der Waals surface area contributed by atoms with E-state index in [0.717, 1.165) is 37.6 Å². The first-order valence-electron chi connectivity index (χ1n) is 6.55. The molecule has 2 aromatic carbocycles. The van der Waals surface area contributed by atoms with Crippen LogP contribution in [0.5, 0.6) is 0 Å². The number of hydrogen-bond donors (Lipinski definition) is 1. The standard InChI is InChI=1S/C16H12Br2ClNO/c17-12-5-11(6-13(18)8-12)15(19)10-2-1-9-3-4-20-16(21)14(9)7-10/h1-2,5-8,15H,3-4H2,(H,20,21). The van der Waals surface area contributed by atoms with E-state index in [-0.39, 0.29) is 11.3 Å². The number of alkyl halides is 1. The van der Waals surface area contributed by atoms with E-state index < -0.39 is 0 Å². The van der Waals surface area contributed by atoms with Gasteiger partial charge in [-0.15, -0.1) is 11.6 Å². The van der Waals surface area contributed by atoms with Crippen molar-refractivity contribution < 1.29 is 4.79 Å². The molecule has 0 saturated carbocycles. The topological polar surface area (TPSA) is 29.1 Å². The summed E-state index contributed by atoms with van der Waals surface area (Å²) in [5, 5.41) is 2.57. The zero-order valence-corrected chi connectivity index (χ0v) is 14.9. The van der Waals surface area contributed by atoms with E-state index in [2.05, 4.69) is 37.2 Å². The summed E-state index contributed by atoms with van der Waals surface area (Å²) >= 11 is 13.5. The molecular formula is C16H12Br2ClNO. The number of carbonyl (C=O) groups is 1. The maximum absolute atomic E-state index is 11.9. The summed E-state index contributed by atoms with van der Waals surface area (Å²) in [6.45, 7) is 0.702. The van der Waals surface area contributed by atoms with E-state index in [0.29, 0.717) is 6.54 Å². The largest absolute Gasteiger partial charge is 0.352 e. The van der Waals surface area contributed by atoms with Gasteiger partial charge >= 0.3 is 0 Å². The van der Waals surface area contributed by atoms with Crippen molar-refractivity contribution in [1.29, 1.82) is 0 Å². The van der Waals surface area contributed by atoms with Crippen LogP contribution >= 0.6 is 43.5 Å². The van der Waals surface area contributed by atoms with Crippen molar-refractivity contribution in [2.24, 2.45) is 0 Å². The van der Waals surface area contributed by atoms with Crippen LogP contribution in [-0.4, -0.2) is 12.5 Å². The molecule has 1 unspecified atom stereocenters. The lowest BCUT2D eigenvalue weighted by Gasteiger charge is -2.19. The van der Waals surface area contributed by atoms with Gasteiger partial charge in [0.2, 0.25) is 0 Å². The first-order valence-corrected chi connectivity index (χ1v) is 8.58. The van der Waals surface area contributed by atoms with E-state index in [4.69, 9.17) is 11.6 Å². The van der Waals surface area contributed by atoms with Crippen molar-refractivity contribution in [2.45, 2.75) is 11.8 Å². The lowest BCUT2D eigenvalue weighted by atomic mass is 9.95. The van der Waals surface area contributed by atoms with Gasteiger partial charge in [0.25, 0.3) is 5.91 Å². The summed E-state index contributed by atoms with van der Waals surface area (Å²) in [7, 11) is 0. The molecule has 2 nitrogen and oxygen atoms in total. The second-order valence-electron chi connectivity index (χ2n) is 4.99. The number of fused-ring (bicyclic) bond motifs is 1. The van der Waals surface area contributed by atoms with Gasteiger partial charge < -0.3 is 5.32 Å².